The molecule has 0 aliphatic heterocycles. The zero-order chi connectivity index (χ0) is 20.1. The number of esters is 2. The van der Waals surface area contributed by atoms with Gasteiger partial charge in [0.1, 0.15) is 0 Å². The molecule has 0 amide bonds. The van der Waals surface area contributed by atoms with E-state index in [1.165, 1.54) is 6.07 Å². The van der Waals surface area contributed by atoms with Crippen LogP contribution >= 0.6 is 11.6 Å². The number of aromatic nitrogens is 1. The topological polar surface area (TPSA) is 74.6 Å². The van der Waals surface area contributed by atoms with E-state index in [4.69, 9.17) is 21.1 Å². The Morgan fingerprint density at radius 3 is 1.89 bits per heavy atom. The van der Waals surface area contributed by atoms with E-state index in [1.54, 1.807) is 43.5 Å². The lowest BCUT2D eigenvalue weighted by Crippen LogP contribution is -2.12. The molecule has 0 spiro atoms. The number of rotatable bonds is 7. The van der Waals surface area contributed by atoms with Gasteiger partial charge in [0.2, 0.25) is 0 Å². The SMILES string of the molecule is CCOC(=O)c1cc(C(=O)OCC)cc(-n2c(C)cc(C(=O)CCl)c2C)c1. The summed E-state index contributed by atoms with van der Waals surface area (Å²) in [6.07, 6.45) is 0. The first kappa shape index (κ1) is 20.7. The molecule has 0 unspecified atom stereocenters. The number of aryl methyl sites for hydroxylation is 1. The lowest BCUT2D eigenvalue weighted by atomic mass is 10.1. The molecule has 0 saturated carbocycles. The van der Waals surface area contributed by atoms with E-state index >= 15 is 0 Å². The number of nitrogens with zero attached hydrogens (tertiary/aromatic N) is 1. The maximum absolute atomic E-state index is 12.2. The molecule has 0 saturated heterocycles. The second kappa shape index (κ2) is 8.86. The van der Waals surface area contributed by atoms with Gasteiger partial charge in [0.15, 0.2) is 5.78 Å². The second-order valence-corrected chi connectivity index (χ2v) is 6.15. The van der Waals surface area contributed by atoms with Crippen molar-refractivity contribution in [1.29, 1.82) is 0 Å². The van der Waals surface area contributed by atoms with Crippen molar-refractivity contribution >= 4 is 29.3 Å². The number of hydrogen-bond donors (Lipinski definition) is 0. The van der Waals surface area contributed by atoms with Gasteiger partial charge in [-0.2, -0.15) is 0 Å². The third-order valence-electron chi connectivity index (χ3n) is 4.05. The molecule has 0 fully saturated rings. The first-order chi connectivity index (χ1) is 12.8. The van der Waals surface area contributed by atoms with Crippen molar-refractivity contribution < 1.29 is 23.9 Å². The average Bonchev–Trinajstić information content (AvgIpc) is 2.95. The van der Waals surface area contributed by atoms with Crippen molar-refractivity contribution in [1.82, 2.24) is 4.57 Å². The fourth-order valence-electron chi connectivity index (χ4n) is 2.92. The van der Waals surface area contributed by atoms with E-state index < -0.39 is 11.9 Å². The van der Waals surface area contributed by atoms with Crippen LogP contribution in [0.4, 0.5) is 0 Å². The summed E-state index contributed by atoms with van der Waals surface area (Å²) >= 11 is 5.69. The number of hydrogen-bond acceptors (Lipinski definition) is 5. The highest BCUT2D eigenvalue weighted by atomic mass is 35.5. The number of ketones is 1. The fourth-order valence-corrected chi connectivity index (χ4v) is 3.06. The number of Topliss-reactive ketones (excluding diaryl/α,β-unsaturated/α-hetero) is 1. The number of halogens is 1. The lowest BCUT2D eigenvalue weighted by molar-refractivity contribution is 0.0525. The Balaban J connectivity index is 2.65. The third-order valence-corrected chi connectivity index (χ3v) is 4.29. The number of ether oxygens (including phenoxy) is 2. The van der Waals surface area contributed by atoms with E-state index in [-0.39, 0.29) is 36.0 Å². The van der Waals surface area contributed by atoms with Gasteiger partial charge in [-0.1, -0.05) is 0 Å². The van der Waals surface area contributed by atoms with Crippen LogP contribution in [0.3, 0.4) is 0 Å². The lowest BCUT2D eigenvalue weighted by Gasteiger charge is -2.13. The molecule has 7 heteroatoms. The fraction of sp³-hybridized carbons (Fsp3) is 0.350. The van der Waals surface area contributed by atoms with Gasteiger partial charge in [0.25, 0.3) is 0 Å². The summed E-state index contributed by atoms with van der Waals surface area (Å²) in [7, 11) is 0. The maximum Gasteiger partial charge on any atom is 0.338 e. The van der Waals surface area contributed by atoms with Crippen molar-refractivity contribution in [2.24, 2.45) is 0 Å². The Kier molecular flexibility index (Phi) is 6.80. The quantitative estimate of drug-likeness (QED) is 0.407. The van der Waals surface area contributed by atoms with Crippen molar-refractivity contribution in [2.75, 3.05) is 19.1 Å². The highest BCUT2D eigenvalue weighted by Gasteiger charge is 2.20. The van der Waals surface area contributed by atoms with E-state index in [1.807, 2.05) is 6.92 Å². The van der Waals surface area contributed by atoms with Gasteiger partial charge < -0.3 is 14.0 Å². The highest BCUT2D eigenvalue weighted by Crippen LogP contribution is 2.24. The van der Waals surface area contributed by atoms with Gasteiger partial charge in [-0.05, 0) is 52.0 Å². The zero-order valence-electron chi connectivity index (χ0n) is 15.8. The summed E-state index contributed by atoms with van der Waals surface area (Å²) in [5, 5.41) is 0. The highest BCUT2D eigenvalue weighted by molar-refractivity contribution is 6.30. The van der Waals surface area contributed by atoms with Gasteiger partial charge in [-0.3, -0.25) is 4.79 Å². The molecule has 2 rings (SSSR count). The number of benzene rings is 1. The molecule has 1 aromatic carbocycles. The summed E-state index contributed by atoms with van der Waals surface area (Å²) < 4.78 is 11.9. The van der Waals surface area contributed by atoms with Crippen molar-refractivity contribution in [3.05, 3.63) is 52.3 Å². The van der Waals surface area contributed by atoms with E-state index in [2.05, 4.69) is 0 Å². The van der Waals surface area contributed by atoms with Crippen LogP contribution in [-0.4, -0.2) is 41.4 Å². The molecule has 6 nitrogen and oxygen atoms in total. The van der Waals surface area contributed by atoms with Gasteiger partial charge in [-0.15, -0.1) is 11.6 Å². The summed E-state index contributed by atoms with van der Waals surface area (Å²) in [5.41, 5.74) is 2.98. The predicted octanol–water partition coefficient (Wildman–Crippen LogP) is 3.87. The zero-order valence-corrected chi connectivity index (χ0v) is 16.6. The summed E-state index contributed by atoms with van der Waals surface area (Å²) in [4.78, 5) is 36.5. The van der Waals surface area contributed by atoms with Gasteiger partial charge >= 0.3 is 11.9 Å². The minimum absolute atomic E-state index is 0.124. The molecular formula is C20H22ClNO5. The predicted molar refractivity (Wildman–Crippen MR) is 102 cm³/mol. The van der Waals surface area contributed by atoms with Crippen LogP contribution in [0.15, 0.2) is 24.3 Å². The molecule has 2 aromatic rings. The van der Waals surface area contributed by atoms with Crippen LogP contribution in [0.25, 0.3) is 5.69 Å². The largest absolute Gasteiger partial charge is 0.462 e. The summed E-state index contributed by atoms with van der Waals surface area (Å²) in [5.74, 6) is -1.39. The molecular weight excluding hydrogens is 370 g/mol. The van der Waals surface area contributed by atoms with Crippen LogP contribution < -0.4 is 0 Å². The molecule has 144 valence electrons. The average molecular weight is 392 g/mol. The van der Waals surface area contributed by atoms with E-state index in [0.717, 1.165) is 5.69 Å². The van der Waals surface area contributed by atoms with Crippen molar-refractivity contribution in [2.45, 2.75) is 27.7 Å². The molecule has 0 aliphatic carbocycles. The standard InChI is InChI=1S/C20H22ClNO5/c1-5-26-19(24)14-8-15(20(25)27-6-2)10-16(9-14)22-12(3)7-17(13(22)4)18(23)11-21/h7-10H,5-6,11H2,1-4H3. The Morgan fingerprint density at radius 2 is 1.44 bits per heavy atom. The molecule has 0 N–H and O–H groups in total. The summed E-state index contributed by atoms with van der Waals surface area (Å²) in [6.45, 7) is 7.46. The second-order valence-electron chi connectivity index (χ2n) is 5.89. The third kappa shape index (κ3) is 4.39. The van der Waals surface area contributed by atoms with Crippen LogP contribution in [0.1, 0.15) is 56.3 Å². The van der Waals surface area contributed by atoms with Crippen molar-refractivity contribution in [3.63, 3.8) is 0 Å². The monoisotopic (exact) mass is 391 g/mol. The molecule has 0 atom stereocenters. The molecule has 27 heavy (non-hydrogen) atoms. The maximum atomic E-state index is 12.2. The molecule has 1 aromatic heterocycles. The minimum Gasteiger partial charge on any atom is -0.462 e. The van der Waals surface area contributed by atoms with Gasteiger partial charge in [0, 0.05) is 22.6 Å². The Hall–Kier alpha value is -2.60. The van der Waals surface area contributed by atoms with Crippen LogP contribution in [0.5, 0.6) is 0 Å². The number of alkyl halides is 1. The van der Waals surface area contributed by atoms with Crippen LogP contribution in [0.2, 0.25) is 0 Å². The smallest absolute Gasteiger partial charge is 0.338 e. The Labute approximate surface area is 163 Å². The molecule has 0 bridgehead atoms. The van der Waals surface area contributed by atoms with E-state index in [9.17, 15) is 14.4 Å². The minimum atomic E-state index is -0.538. The molecule has 0 aliphatic rings. The van der Waals surface area contributed by atoms with Crippen LogP contribution in [0, 0.1) is 13.8 Å². The first-order valence-corrected chi connectivity index (χ1v) is 9.15. The number of carbonyl (C=O) groups excluding carboxylic acids is 3. The summed E-state index contributed by atoms with van der Waals surface area (Å²) in [6, 6.07) is 6.42. The molecule has 0 radical (unpaired) electrons. The number of carbonyl (C=O) groups is 3. The molecule has 1 heterocycles. The van der Waals surface area contributed by atoms with Gasteiger partial charge in [-0.25, -0.2) is 9.59 Å². The first-order valence-electron chi connectivity index (χ1n) is 8.61. The Morgan fingerprint density at radius 1 is 0.926 bits per heavy atom. The normalized spacial score (nSPS) is 10.6. The van der Waals surface area contributed by atoms with Crippen molar-refractivity contribution in [3.8, 4) is 5.69 Å². The Bertz CT molecular complexity index is 848. The van der Waals surface area contributed by atoms with Gasteiger partial charge in [0.05, 0.1) is 30.2 Å². The van der Waals surface area contributed by atoms with Crippen LogP contribution in [-0.2, 0) is 9.47 Å². The van der Waals surface area contributed by atoms with E-state index in [0.29, 0.717) is 16.9 Å².